The summed E-state index contributed by atoms with van der Waals surface area (Å²) in [5, 5.41) is 2.96. The van der Waals surface area contributed by atoms with Gasteiger partial charge >= 0.3 is 0 Å². The SMILES string of the molecule is COc1ccc(N)cc1CNC(=O)C1CCSC1. The molecule has 1 saturated heterocycles. The van der Waals surface area contributed by atoms with Crippen LogP contribution in [0.15, 0.2) is 18.2 Å². The lowest BCUT2D eigenvalue weighted by Gasteiger charge is -2.12. The van der Waals surface area contributed by atoms with E-state index in [0.717, 1.165) is 29.2 Å². The van der Waals surface area contributed by atoms with E-state index in [1.165, 1.54) is 0 Å². The third kappa shape index (κ3) is 3.10. The average molecular weight is 266 g/mol. The molecule has 0 spiro atoms. The van der Waals surface area contributed by atoms with E-state index in [9.17, 15) is 4.79 Å². The minimum atomic E-state index is 0.129. The largest absolute Gasteiger partial charge is 0.496 e. The summed E-state index contributed by atoms with van der Waals surface area (Å²) in [5.74, 6) is 3.05. The lowest BCUT2D eigenvalue weighted by Crippen LogP contribution is -2.30. The summed E-state index contributed by atoms with van der Waals surface area (Å²) in [6, 6.07) is 5.45. The van der Waals surface area contributed by atoms with Crippen LogP contribution in [0.25, 0.3) is 0 Å². The highest BCUT2D eigenvalue weighted by molar-refractivity contribution is 7.99. The van der Waals surface area contributed by atoms with Crippen LogP contribution in [0.2, 0.25) is 0 Å². The van der Waals surface area contributed by atoms with Gasteiger partial charge in [-0.05, 0) is 30.4 Å². The van der Waals surface area contributed by atoms with Gasteiger partial charge in [0.1, 0.15) is 5.75 Å². The van der Waals surface area contributed by atoms with Crippen LogP contribution >= 0.6 is 11.8 Å². The Labute approximate surface area is 111 Å². The number of ether oxygens (including phenoxy) is 1. The monoisotopic (exact) mass is 266 g/mol. The first kappa shape index (κ1) is 13.1. The van der Waals surface area contributed by atoms with Gasteiger partial charge in [-0.3, -0.25) is 4.79 Å². The normalized spacial score (nSPS) is 18.6. The van der Waals surface area contributed by atoms with Crippen LogP contribution in [0, 0.1) is 5.92 Å². The van der Waals surface area contributed by atoms with Crippen LogP contribution in [-0.4, -0.2) is 24.5 Å². The number of carbonyl (C=O) groups is 1. The Morgan fingerprint density at radius 3 is 3.11 bits per heavy atom. The standard InChI is InChI=1S/C13H18N2O2S/c1-17-12-3-2-11(14)6-10(12)7-15-13(16)9-4-5-18-8-9/h2-3,6,9H,4-5,7-8,14H2,1H3,(H,15,16). The van der Waals surface area contributed by atoms with Crippen molar-refractivity contribution in [1.82, 2.24) is 5.32 Å². The van der Waals surface area contributed by atoms with Gasteiger partial charge in [-0.25, -0.2) is 0 Å². The lowest BCUT2D eigenvalue weighted by molar-refractivity contribution is -0.124. The molecule has 18 heavy (non-hydrogen) atoms. The van der Waals surface area contributed by atoms with E-state index in [1.807, 2.05) is 23.9 Å². The molecule has 5 heteroatoms. The Balaban J connectivity index is 1.96. The molecular weight excluding hydrogens is 248 g/mol. The maximum atomic E-state index is 11.9. The summed E-state index contributed by atoms with van der Waals surface area (Å²) in [6.07, 6.45) is 0.977. The molecule has 0 aliphatic carbocycles. The van der Waals surface area contributed by atoms with Gasteiger partial charge in [0.15, 0.2) is 0 Å². The van der Waals surface area contributed by atoms with E-state index >= 15 is 0 Å². The van der Waals surface area contributed by atoms with Crippen LogP contribution in [0.3, 0.4) is 0 Å². The number of hydrogen-bond acceptors (Lipinski definition) is 4. The number of anilines is 1. The Morgan fingerprint density at radius 2 is 2.44 bits per heavy atom. The molecule has 1 heterocycles. The molecule has 0 aromatic heterocycles. The van der Waals surface area contributed by atoms with Crippen LogP contribution in [0.1, 0.15) is 12.0 Å². The van der Waals surface area contributed by atoms with Crippen molar-refractivity contribution in [2.45, 2.75) is 13.0 Å². The van der Waals surface area contributed by atoms with Crippen LogP contribution < -0.4 is 15.8 Å². The fraction of sp³-hybridized carbons (Fsp3) is 0.462. The van der Waals surface area contributed by atoms with Crippen molar-refractivity contribution in [1.29, 1.82) is 0 Å². The van der Waals surface area contributed by atoms with Crippen molar-refractivity contribution >= 4 is 23.4 Å². The van der Waals surface area contributed by atoms with Gasteiger partial charge < -0.3 is 15.8 Å². The summed E-state index contributed by atoms with van der Waals surface area (Å²) in [5.41, 5.74) is 7.33. The first-order chi connectivity index (χ1) is 8.70. The third-order valence-corrected chi connectivity index (χ3v) is 4.22. The Bertz CT molecular complexity index is 431. The molecule has 1 unspecified atom stereocenters. The van der Waals surface area contributed by atoms with Gasteiger partial charge in [-0.2, -0.15) is 11.8 Å². The number of methoxy groups -OCH3 is 1. The number of benzene rings is 1. The Hall–Kier alpha value is -1.36. The molecule has 1 aromatic rings. The van der Waals surface area contributed by atoms with Crippen molar-refractivity contribution in [3.8, 4) is 5.75 Å². The molecule has 98 valence electrons. The highest BCUT2D eigenvalue weighted by Crippen LogP contribution is 2.24. The maximum absolute atomic E-state index is 11.9. The molecule has 0 bridgehead atoms. The molecule has 0 saturated carbocycles. The summed E-state index contributed by atoms with van der Waals surface area (Å²) in [6.45, 7) is 0.466. The summed E-state index contributed by atoms with van der Waals surface area (Å²) in [4.78, 5) is 11.9. The van der Waals surface area contributed by atoms with Gasteiger partial charge in [0.2, 0.25) is 5.91 Å². The second-order valence-electron chi connectivity index (χ2n) is 4.35. The van der Waals surface area contributed by atoms with Crippen LogP contribution in [0.4, 0.5) is 5.69 Å². The van der Waals surface area contributed by atoms with Crippen molar-refractivity contribution in [2.75, 3.05) is 24.3 Å². The predicted octanol–water partition coefficient (Wildman–Crippen LogP) is 1.65. The molecule has 1 aromatic carbocycles. The molecular formula is C13H18N2O2S. The number of hydrogen-bond donors (Lipinski definition) is 2. The molecule has 1 amide bonds. The predicted molar refractivity (Wildman–Crippen MR) is 74.7 cm³/mol. The van der Waals surface area contributed by atoms with Crippen molar-refractivity contribution in [3.05, 3.63) is 23.8 Å². The number of thioether (sulfide) groups is 1. The number of nitrogens with one attached hydrogen (secondary N) is 1. The van der Waals surface area contributed by atoms with E-state index in [-0.39, 0.29) is 11.8 Å². The molecule has 1 atom stereocenters. The van der Waals surface area contributed by atoms with Gasteiger partial charge in [0.25, 0.3) is 0 Å². The van der Waals surface area contributed by atoms with Crippen LogP contribution in [-0.2, 0) is 11.3 Å². The third-order valence-electron chi connectivity index (χ3n) is 3.06. The fourth-order valence-corrected chi connectivity index (χ4v) is 3.23. The molecule has 0 radical (unpaired) electrons. The highest BCUT2D eigenvalue weighted by Gasteiger charge is 2.22. The Morgan fingerprint density at radius 1 is 1.61 bits per heavy atom. The van der Waals surface area contributed by atoms with E-state index < -0.39 is 0 Å². The smallest absolute Gasteiger partial charge is 0.224 e. The summed E-state index contributed by atoms with van der Waals surface area (Å²) >= 11 is 1.84. The zero-order valence-electron chi connectivity index (χ0n) is 10.4. The number of carbonyl (C=O) groups excluding carboxylic acids is 1. The van der Waals surface area contributed by atoms with Gasteiger partial charge in [-0.1, -0.05) is 0 Å². The van der Waals surface area contributed by atoms with Crippen molar-refractivity contribution in [2.24, 2.45) is 5.92 Å². The van der Waals surface area contributed by atoms with Gasteiger partial charge in [-0.15, -0.1) is 0 Å². The maximum Gasteiger partial charge on any atom is 0.224 e. The highest BCUT2D eigenvalue weighted by atomic mass is 32.2. The topological polar surface area (TPSA) is 64.3 Å². The average Bonchev–Trinajstić information content (AvgIpc) is 2.90. The summed E-state index contributed by atoms with van der Waals surface area (Å²) < 4.78 is 5.25. The molecule has 1 fully saturated rings. The molecule has 1 aliphatic rings. The van der Waals surface area contributed by atoms with E-state index in [4.69, 9.17) is 10.5 Å². The fourth-order valence-electron chi connectivity index (χ4n) is 2.00. The molecule has 4 nitrogen and oxygen atoms in total. The zero-order chi connectivity index (χ0) is 13.0. The van der Waals surface area contributed by atoms with E-state index in [1.54, 1.807) is 13.2 Å². The quantitative estimate of drug-likeness (QED) is 0.813. The number of amides is 1. The zero-order valence-corrected chi connectivity index (χ0v) is 11.3. The van der Waals surface area contributed by atoms with E-state index in [2.05, 4.69) is 5.32 Å². The van der Waals surface area contributed by atoms with Crippen LogP contribution in [0.5, 0.6) is 5.75 Å². The van der Waals surface area contributed by atoms with E-state index in [0.29, 0.717) is 12.2 Å². The number of rotatable bonds is 4. The number of nitrogen functional groups attached to an aromatic ring is 1. The van der Waals surface area contributed by atoms with Gasteiger partial charge in [0.05, 0.1) is 7.11 Å². The molecule has 1 aliphatic heterocycles. The summed E-state index contributed by atoms with van der Waals surface area (Å²) in [7, 11) is 1.62. The lowest BCUT2D eigenvalue weighted by atomic mass is 10.1. The molecule has 3 N–H and O–H groups in total. The second-order valence-corrected chi connectivity index (χ2v) is 5.50. The van der Waals surface area contributed by atoms with Crippen molar-refractivity contribution in [3.63, 3.8) is 0 Å². The Kier molecular flexibility index (Phi) is 4.36. The second kappa shape index (κ2) is 6.00. The first-order valence-electron chi connectivity index (χ1n) is 5.98. The molecule has 2 rings (SSSR count). The first-order valence-corrected chi connectivity index (χ1v) is 7.14. The van der Waals surface area contributed by atoms with Gasteiger partial charge in [0, 0.05) is 29.5 Å². The number of nitrogens with two attached hydrogens (primary N) is 1. The minimum absolute atomic E-state index is 0.129. The van der Waals surface area contributed by atoms with Crippen molar-refractivity contribution < 1.29 is 9.53 Å². The minimum Gasteiger partial charge on any atom is -0.496 e.